The largest absolute Gasteiger partial charge is 0.383 e. The van der Waals surface area contributed by atoms with Crippen LogP contribution in [0.3, 0.4) is 0 Å². The Morgan fingerprint density at radius 1 is 1.40 bits per heavy atom. The summed E-state index contributed by atoms with van der Waals surface area (Å²) >= 11 is 0. The molecule has 2 aliphatic rings. The summed E-state index contributed by atoms with van der Waals surface area (Å²) in [6, 6.07) is 4.44. The topological polar surface area (TPSA) is 72.3 Å². The third-order valence-corrected chi connectivity index (χ3v) is 5.05. The molecule has 4 heterocycles. The van der Waals surface area contributed by atoms with Crippen LogP contribution in [0.2, 0.25) is 0 Å². The normalized spacial score (nSPS) is 22.6. The zero-order chi connectivity index (χ0) is 17.4. The lowest BCUT2D eigenvalue weighted by Crippen LogP contribution is -2.37. The molecule has 2 aromatic heterocycles. The number of nitrogens with zero attached hydrogens (tertiary/aromatic N) is 4. The van der Waals surface area contributed by atoms with E-state index in [0.717, 1.165) is 30.5 Å². The first-order chi connectivity index (χ1) is 12.2. The Hall–Kier alpha value is -2.25. The highest BCUT2D eigenvalue weighted by molar-refractivity contribution is 5.96. The fourth-order valence-electron chi connectivity index (χ4n) is 3.64. The van der Waals surface area contributed by atoms with Gasteiger partial charge in [-0.25, -0.2) is 9.67 Å². The monoisotopic (exact) mass is 341 g/mol. The third kappa shape index (κ3) is 2.94. The smallest absolute Gasteiger partial charge is 0.273 e. The molecule has 2 aliphatic heterocycles. The van der Waals surface area contributed by atoms with E-state index in [-0.39, 0.29) is 11.9 Å². The van der Waals surface area contributed by atoms with Gasteiger partial charge in [-0.1, -0.05) is 13.0 Å². The number of carbonyl (C=O) groups excluding carboxylic acids is 1. The number of aryl methyl sites for hydroxylation is 1. The van der Waals surface area contributed by atoms with E-state index in [1.54, 1.807) is 11.8 Å². The summed E-state index contributed by atoms with van der Waals surface area (Å²) in [6.45, 7) is 4.20. The van der Waals surface area contributed by atoms with Crippen LogP contribution in [0, 0.1) is 0 Å². The minimum atomic E-state index is 0.0181. The second-order valence-corrected chi connectivity index (χ2v) is 6.71. The molecule has 0 saturated carbocycles. The van der Waals surface area contributed by atoms with E-state index in [0.29, 0.717) is 30.7 Å². The number of hydrogen-bond donors (Lipinski definition) is 1. The quantitative estimate of drug-likeness (QED) is 0.884. The Balaban J connectivity index is 1.54. The number of ether oxygens (including phenoxy) is 1. The fraction of sp³-hybridized carbons (Fsp3) is 0.500. The van der Waals surface area contributed by atoms with Crippen LogP contribution in [0.1, 0.15) is 35.0 Å². The lowest BCUT2D eigenvalue weighted by Gasteiger charge is -2.22. The maximum absolute atomic E-state index is 12.9. The Labute approximate surface area is 147 Å². The van der Waals surface area contributed by atoms with Gasteiger partial charge >= 0.3 is 0 Å². The number of carbonyl (C=O) groups is 1. The number of fused-ring (bicyclic) bond motifs is 1. The second-order valence-electron chi connectivity index (χ2n) is 6.71. The molecular formula is C18H23N5O2. The predicted octanol–water partition coefficient (Wildman–Crippen LogP) is 1.16. The average molecular weight is 341 g/mol. The third-order valence-electron chi connectivity index (χ3n) is 5.05. The van der Waals surface area contributed by atoms with Gasteiger partial charge in [-0.3, -0.25) is 4.79 Å². The highest BCUT2D eigenvalue weighted by atomic mass is 16.5. The molecule has 0 unspecified atom stereocenters. The number of rotatable bonds is 5. The Morgan fingerprint density at radius 3 is 3.04 bits per heavy atom. The van der Waals surface area contributed by atoms with E-state index in [1.807, 2.05) is 29.4 Å². The number of methoxy groups -OCH3 is 1. The molecule has 2 atom stereocenters. The van der Waals surface area contributed by atoms with Crippen LogP contribution in [0.5, 0.6) is 0 Å². The van der Waals surface area contributed by atoms with Gasteiger partial charge < -0.3 is 15.0 Å². The van der Waals surface area contributed by atoms with Crippen LogP contribution >= 0.6 is 0 Å². The van der Waals surface area contributed by atoms with Gasteiger partial charge in [-0.15, -0.1) is 0 Å². The maximum Gasteiger partial charge on any atom is 0.273 e. The lowest BCUT2D eigenvalue weighted by molar-refractivity contribution is 0.0707. The zero-order valence-electron chi connectivity index (χ0n) is 14.6. The van der Waals surface area contributed by atoms with Crippen LogP contribution in [-0.4, -0.2) is 57.9 Å². The van der Waals surface area contributed by atoms with Crippen molar-refractivity contribution in [1.29, 1.82) is 0 Å². The molecule has 132 valence electrons. The van der Waals surface area contributed by atoms with Gasteiger partial charge in [-0.2, -0.15) is 5.10 Å². The van der Waals surface area contributed by atoms with Gasteiger partial charge in [0.15, 0.2) is 5.82 Å². The summed E-state index contributed by atoms with van der Waals surface area (Å²) in [6.07, 6.45) is 5.64. The molecule has 1 amide bonds. The van der Waals surface area contributed by atoms with Gasteiger partial charge in [0.1, 0.15) is 5.69 Å². The first-order valence-electron chi connectivity index (χ1n) is 8.76. The molecule has 0 bridgehead atoms. The van der Waals surface area contributed by atoms with Crippen molar-refractivity contribution in [2.24, 2.45) is 0 Å². The van der Waals surface area contributed by atoms with Crippen molar-refractivity contribution in [3.63, 3.8) is 0 Å². The molecule has 2 aromatic rings. The highest BCUT2D eigenvalue weighted by Crippen LogP contribution is 2.27. The van der Waals surface area contributed by atoms with Crippen molar-refractivity contribution >= 4 is 5.91 Å². The molecule has 0 spiro atoms. The van der Waals surface area contributed by atoms with Crippen LogP contribution < -0.4 is 5.32 Å². The highest BCUT2D eigenvalue weighted by Gasteiger charge is 2.37. The first-order valence-corrected chi connectivity index (χ1v) is 8.76. The molecule has 0 aliphatic carbocycles. The van der Waals surface area contributed by atoms with Crippen LogP contribution in [0.4, 0.5) is 0 Å². The zero-order valence-corrected chi connectivity index (χ0v) is 14.6. The maximum atomic E-state index is 12.9. The SMILES string of the molecule is CCc1cnn(-c2ccc3c(n2)C(=O)N([C@H]2CN[C@H](COC)C2)C3)c1. The Kier molecular flexibility index (Phi) is 4.27. The summed E-state index contributed by atoms with van der Waals surface area (Å²) < 4.78 is 6.95. The van der Waals surface area contributed by atoms with Gasteiger partial charge in [0.2, 0.25) is 0 Å². The van der Waals surface area contributed by atoms with E-state index in [4.69, 9.17) is 4.74 Å². The van der Waals surface area contributed by atoms with Crippen molar-refractivity contribution in [1.82, 2.24) is 25.0 Å². The second kappa shape index (κ2) is 6.57. The van der Waals surface area contributed by atoms with Crippen molar-refractivity contribution in [2.75, 3.05) is 20.3 Å². The van der Waals surface area contributed by atoms with E-state index >= 15 is 0 Å². The van der Waals surface area contributed by atoms with Gasteiger partial charge in [0.05, 0.1) is 12.8 Å². The van der Waals surface area contributed by atoms with Gasteiger partial charge in [0, 0.05) is 44.0 Å². The number of aromatic nitrogens is 3. The fourth-order valence-corrected chi connectivity index (χ4v) is 3.64. The molecule has 0 aromatic carbocycles. The van der Waals surface area contributed by atoms with Crippen molar-refractivity contribution in [2.45, 2.75) is 38.4 Å². The van der Waals surface area contributed by atoms with Crippen LogP contribution in [0.25, 0.3) is 5.82 Å². The molecule has 7 nitrogen and oxygen atoms in total. The minimum Gasteiger partial charge on any atom is -0.383 e. The van der Waals surface area contributed by atoms with Crippen molar-refractivity contribution < 1.29 is 9.53 Å². The molecule has 0 radical (unpaired) electrons. The van der Waals surface area contributed by atoms with Crippen molar-refractivity contribution in [3.8, 4) is 5.82 Å². The number of nitrogens with one attached hydrogen (secondary N) is 1. The summed E-state index contributed by atoms with van der Waals surface area (Å²) in [5, 5.41) is 7.76. The molecule has 1 saturated heterocycles. The van der Waals surface area contributed by atoms with Crippen LogP contribution in [0.15, 0.2) is 24.5 Å². The molecule has 4 rings (SSSR count). The van der Waals surface area contributed by atoms with Crippen molar-refractivity contribution in [3.05, 3.63) is 41.3 Å². The summed E-state index contributed by atoms with van der Waals surface area (Å²) in [5.74, 6) is 0.708. The van der Waals surface area contributed by atoms with E-state index in [1.165, 1.54) is 0 Å². The molecular weight excluding hydrogens is 318 g/mol. The van der Waals surface area contributed by atoms with E-state index in [9.17, 15) is 4.79 Å². The molecule has 1 N–H and O–H groups in total. The molecule has 25 heavy (non-hydrogen) atoms. The molecule has 7 heteroatoms. The van der Waals surface area contributed by atoms with E-state index < -0.39 is 0 Å². The Bertz CT molecular complexity index is 788. The number of hydrogen-bond acceptors (Lipinski definition) is 5. The van der Waals surface area contributed by atoms with E-state index in [2.05, 4.69) is 22.3 Å². The Morgan fingerprint density at radius 2 is 2.28 bits per heavy atom. The standard InChI is InChI=1S/C18H23N5O2/c1-3-12-7-20-23(9-12)16-5-4-13-10-22(18(24)17(13)21-16)15-6-14(11-25-2)19-8-15/h4-5,7,9,14-15,19H,3,6,8,10-11H2,1-2H3/t14-,15+/m0/s1. The lowest BCUT2D eigenvalue weighted by atomic mass is 10.1. The summed E-state index contributed by atoms with van der Waals surface area (Å²) in [7, 11) is 1.70. The summed E-state index contributed by atoms with van der Waals surface area (Å²) in [4.78, 5) is 19.4. The number of amides is 1. The van der Waals surface area contributed by atoms with Gasteiger partial charge in [0.25, 0.3) is 5.91 Å². The number of pyridine rings is 1. The first kappa shape index (κ1) is 16.2. The van der Waals surface area contributed by atoms with Gasteiger partial charge in [-0.05, 0) is 24.5 Å². The molecule has 1 fully saturated rings. The average Bonchev–Trinajstić information content (AvgIpc) is 3.34. The van der Waals surface area contributed by atoms with Crippen LogP contribution in [-0.2, 0) is 17.7 Å². The predicted molar refractivity (Wildman–Crippen MR) is 92.7 cm³/mol. The summed E-state index contributed by atoms with van der Waals surface area (Å²) in [5.41, 5.74) is 2.70. The minimum absolute atomic E-state index is 0.0181.